The summed E-state index contributed by atoms with van der Waals surface area (Å²) in [6, 6.07) is 6.60. The van der Waals surface area contributed by atoms with Gasteiger partial charge in [-0.05, 0) is 78.7 Å². The second-order valence-corrected chi connectivity index (χ2v) is 10.6. The second-order valence-electron chi connectivity index (χ2n) is 10.2. The third-order valence-corrected chi connectivity index (χ3v) is 8.21. The van der Waals surface area contributed by atoms with Gasteiger partial charge in [0.05, 0.1) is 6.20 Å². The Morgan fingerprint density at radius 3 is 2.62 bits per heavy atom. The molecule has 0 spiro atoms. The molecule has 1 amide bonds. The third-order valence-electron chi connectivity index (χ3n) is 7.89. The van der Waals surface area contributed by atoms with Crippen LogP contribution in [-0.2, 0) is 11.8 Å². The van der Waals surface area contributed by atoms with E-state index < -0.39 is 6.17 Å². The summed E-state index contributed by atoms with van der Waals surface area (Å²) in [5.74, 6) is 1.20. The summed E-state index contributed by atoms with van der Waals surface area (Å²) in [5.41, 5.74) is 2.28. The fourth-order valence-corrected chi connectivity index (χ4v) is 6.10. The highest BCUT2D eigenvalue weighted by atomic mass is 35.5. The Bertz CT molecular complexity index is 1230. The molecule has 2 aromatic heterocycles. The van der Waals surface area contributed by atoms with E-state index >= 15 is 0 Å². The molecule has 3 fully saturated rings. The summed E-state index contributed by atoms with van der Waals surface area (Å²) < 4.78 is 15.0. The molecule has 3 aliphatic rings. The first-order valence-electron chi connectivity index (χ1n) is 12.2. The second kappa shape index (κ2) is 8.61. The molecule has 2 aliphatic carbocycles. The number of benzene rings is 1. The number of nitrogens with zero attached hydrogens (tertiary/aromatic N) is 4. The minimum absolute atomic E-state index is 0.00900. The smallest absolute Gasteiger partial charge is 0.229 e. The number of halogens is 2. The molecule has 6 rings (SSSR count). The molecule has 0 radical (unpaired) electrons. The highest BCUT2D eigenvalue weighted by Gasteiger charge is 2.44. The van der Waals surface area contributed by atoms with Crippen LogP contribution >= 0.6 is 11.6 Å². The van der Waals surface area contributed by atoms with Gasteiger partial charge in [-0.15, -0.1) is 0 Å². The first kappa shape index (κ1) is 22.0. The molecule has 178 valence electrons. The molecule has 3 aromatic rings. The zero-order valence-electron chi connectivity index (χ0n) is 19.3. The normalized spacial score (nSPS) is 27.5. The predicted molar refractivity (Wildman–Crippen MR) is 131 cm³/mol. The molecule has 2 unspecified atom stereocenters. The maximum Gasteiger partial charge on any atom is 0.229 e. The van der Waals surface area contributed by atoms with E-state index in [4.69, 9.17) is 11.6 Å². The molecule has 1 N–H and O–H groups in total. The van der Waals surface area contributed by atoms with Gasteiger partial charge < -0.3 is 5.32 Å². The number of hydrogen-bond donors (Lipinski definition) is 1. The van der Waals surface area contributed by atoms with Crippen molar-refractivity contribution in [1.82, 2.24) is 19.7 Å². The Morgan fingerprint density at radius 1 is 1.12 bits per heavy atom. The van der Waals surface area contributed by atoms with Gasteiger partial charge in [0.2, 0.25) is 5.91 Å². The number of pyridine rings is 1. The third kappa shape index (κ3) is 4.20. The van der Waals surface area contributed by atoms with Crippen molar-refractivity contribution in [3.05, 3.63) is 52.9 Å². The number of alkyl halides is 1. The van der Waals surface area contributed by atoms with E-state index in [1.807, 2.05) is 31.6 Å². The van der Waals surface area contributed by atoms with E-state index in [0.29, 0.717) is 30.9 Å². The molecule has 2 saturated carbocycles. The predicted octanol–water partition coefficient (Wildman–Crippen LogP) is 5.04. The molecule has 1 aromatic carbocycles. The van der Waals surface area contributed by atoms with E-state index in [2.05, 4.69) is 26.4 Å². The van der Waals surface area contributed by atoms with Gasteiger partial charge in [0.1, 0.15) is 12.0 Å². The van der Waals surface area contributed by atoms with E-state index in [9.17, 15) is 9.18 Å². The number of likely N-dealkylation sites (tertiary alicyclic amines) is 1. The fourth-order valence-electron chi connectivity index (χ4n) is 5.77. The van der Waals surface area contributed by atoms with Gasteiger partial charge in [0.15, 0.2) is 0 Å². The Kier molecular flexibility index (Phi) is 5.57. The number of anilines is 1. The Morgan fingerprint density at radius 2 is 1.91 bits per heavy atom. The van der Waals surface area contributed by atoms with Crippen molar-refractivity contribution >= 4 is 34.1 Å². The van der Waals surface area contributed by atoms with E-state index in [1.165, 1.54) is 5.56 Å². The summed E-state index contributed by atoms with van der Waals surface area (Å²) in [7, 11) is 1.89. The van der Waals surface area contributed by atoms with Crippen LogP contribution in [0.2, 0.25) is 5.02 Å². The maximum atomic E-state index is 13.2. The molecule has 6 nitrogen and oxygen atoms in total. The number of fused-ring (bicyclic) bond motifs is 1. The monoisotopic (exact) mass is 481 g/mol. The molecule has 0 bridgehead atoms. The van der Waals surface area contributed by atoms with Crippen LogP contribution in [0.5, 0.6) is 0 Å². The minimum atomic E-state index is -0.642. The molecule has 3 heterocycles. The topological polar surface area (TPSA) is 63.1 Å². The van der Waals surface area contributed by atoms with E-state index in [1.54, 1.807) is 10.9 Å². The average molecular weight is 482 g/mol. The lowest BCUT2D eigenvalue weighted by Gasteiger charge is -2.43. The summed E-state index contributed by atoms with van der Waals surface area (Å²) in [6.45, 7) is 1.19. The number of amides is 1. The SMILES string of the molecule is Cn1cc(C2CC2C(=O)Nc2cc3cc(C4CCC(N5CC(F)C5)CC4)c(Cl)cc3cn2)cn1. The van der Waals surface area contributed by atoms with Crippen molar-refractivity contribution in [2.45, 2.75) is 56.2 Å². The Labute approximate surface area is 203 Å². The zero-order chi connectivity index (χ0) is 23.4. The average Bonchev–Trinajstić information content (AvgIpc) is 3.50. The van der Waals surface area contributed by atoms with Crippen LogP contribution in [0, 0.1) is 5.92 Å². The number of carbonyl (C=O) groups is 1. The lowest BCUT2D eigenvalue weighted by Crippen LogP contribution is -2.54. The van der Waals surface area contributed by atoms with Crippen molar-refractivity contribution in [1.29, 1.82) is 0 Å². The zero-order valence-corrected chi connectivity index (χ0v) is 20.0. The molecular formula is C26H29ClFN5O. The molecule has 1 aliphatic heterocycles. The van der Waals surface area contributed by atoms with Gasteiger partial charge in [0, 0.05) is 54.9 Å². The van der Waals surface area contributed by atoms with Crippen LogP contribution in [0.15, 0.2) is 36.8 Å². The summed E-state index contributed by atoms with van der Waals surface area (Å²) in [4.78, 5) is 19.5. The standard InChI is InChI=1S/C26H29ClFN5O/c1-32-12-18(11-30-32)21-9-23(21)26(34)31-25-8-16-6-22(24(27)7-17(16)10-29-25)15-2-4-20(5-3-15)33-13-19(28)14-33/h6-8,10-12,15,19-21,23H,2-5,9,13-14H2,1H3,(H,29,31,34). The van der Waals surface area contributed by atoms with Gasteiger partial charge >= 0.3 is 0 Å². The van der Waals surface area contributed by atoms with Crippen molar-refractivity contribution in [3.8, 4) is 0 Å². The van der Waals surface area contributed by atoms with Crippen molar-refractivity contribution < 1.29 is 9.18 Å². The van der Waals surface area contributed by atoms with Crippen LogP contribution < -0.4 is 5.32 Å². The van der Waals surface area contributed by atoms with Crippen LogP contribution in [0.4, 0.5) is 10.2 Å². The summed E-state index contributed by atoms with van der Waals surface area (Å²) in [6.07, 6.45) is 10.1. The van der Waals surface area contributed by atoms with E-state index in [0.717, 1.165) is 53.5 Å². The first-order valence-corrected chi connectivity index (χ1v) is 12.6. The van der Waals surface area contributed by atoms with Crippen LogP contribution in [-0.4, -0.2) is 50.9 Å². The Balaban J connectivity index is 1.14. The number of carbonyl (C=O) groups excluding carboxylic acids is 1. The molecule has 2 atom stereocenters. The maximum absolute atomic E-state index is 13.2. The molecule has 34 heavy (non-hydrogen) atoms. The molecular weight excluding hydrogens is 453 g/mol. The van der Waals surface area contributed by atoms with Crippen LogP contribution in [0.3, 0.4) is 0 Å². The number of aromatic nitrogens is 3. The largest absolute Gasteiger partial charge is 0.310 e. The van der Waals surface area contributed by atoms with Crippen molar-refractivity contribution in [2.24, 2.45) is 13.0 Å². The Hall–Kier alpha value is -2.51. The highest BCUT2D eigenvalue weighted by molar-refractivity contribution is 6.32. The number of hydrogen-bond acceptors (Lipinski definition) is 4. The van der Waals surface area contributed by atoms with Crippen molar-refractivity contribution in [2.75, 3.05) is 18.4 Å². The van der Waals surface area contributed by atoms with Crippen molar-refractivity contribution in [3.63, 3.8) is 0 Å². The number of rotatable bonds is 5. The van der Waals surface area contributed by atoms with Gasteiger partial charge in [-0.1, -0.05) is 11.6 Å². The lowest BCUT2D eigenvalue weighted by atomic mass is 9.80. The molecule has 1 saturated heterocycles. The quantitative estimate of drug-likeness (QED) is 0.554. The minimum Gasteiger partial charge on any atom is -0.310 e. The van der Waals surface area contributed by atoms with E-state index in [-0.39, 0.29) is 17.7 Å². The lowest BCUT2D eigenvalue weighted by molar-refractivity contribution is -0.117. The number of aryl methyl sites for hydroxylation is 1. The van der Waals surface area contributed by atoms with Gasteiger partial charge in [-0.3, -0.25) is 14.4 Å². The highest BCUT2D eigenvalue weighted by Crippen LogP contribution is 2.48. The number of nitrogens with one attached hydrogen (secondary N) is 1. The van der Waals surface area contributed by atoms with Gasteiger partial charge in [-0.2, -0.15) is 5.10 Å². The van der Waals surface area contributed by atoms with Gasteiger partial charge in [0.25, 0.3) is 0 Å². The summed E-state index contributed by atoms with van der Waals surface area (Å²) in [5, 5.41) is 10.00. The summed E-state index contributed by atoms with van der Waals surface area (Å²) >= 11 is 6.68. The van der Waals surface area contributed by atoms with Crippen LogP contribution in [0.1, 0.15) is 55.1 Å². The molecule has 8 heteroatoms. The van der Waals surface area contributed by atoms with Crippen LogP contribution in [0.25, 0.3) is 10.8 Å². The fraction of sp³-hybridized carbons (Fsp3) is 0.500. The van der Waals surface area contributed by atoms with Gasteiger partial charge in [-0.25, -0.2) is 9.37 Å². The first-order chi connectivity index (χ1) is 16.4.